The molecule has 30 heavy (non-hydrogen) atoms. The Kier molecular flexibility index (Phi) is 7.36. The van der Waals surface area contributed by atoms with Gasteiger partial charge in [-0.05, 0) is 32.0 Å². The highest BCUT2D eigenvalue weighted by Crippen LogP contribution is 2.26. The number of nitrogens with zero attached hydrogens (tertiary/aromatic N) is 5. The highest BCUT2D eigenvalue weighted by molar-refractivity contribution is 5.62. The number of hydrogen-bond acceptors (Lipinski definition) is 6. The van der Waals surface area contributed by atoms with Crippen LogP contribution in [0.15, 0.2) is 53.7 Å². The molecular weight excluding hydrogens is 374 g/mol. The average molecular weight is 406 g/mol. The lowest BCUT2D eigenvalue weighted by Gasteiger charge is -2.37. The van der Waals surface area contributed by atoms with Crippen LogP contribution in [0.2, 0.25) is 0 Å². The first-order valence-corrected chi connectivity index (χ1v) is 10.6. The number of aromatic nitrogens is 3. The van der Waals surface area contributed by atoms with E-state index in [4.69, 9.17) is 4.52 Å². The second kappa shape index (κ2) is 10.2. The third-order valence-corrected chi connectivity index (χ3v) is 5.27. The monoisotopic (exact) mass is 405 g/mol. The third-order valence-electron chi connectivity index (χ3n) is 5.27. The average Bonchev–Trinajstić information content (AvgIpc) is 3.30. The van der Waals surface area contributed by atoms with E-state index in [1.165, 1.54) is 5.56 Å². The number of piperazine rings is 1. The summed E-state index contributed by atoms with van der Waals surface area (Å²) < 4.78 is 5.58. The minimum absolute atomic E-state index is 0.0795. The number of aryl methyl sites for hydroxylation is 1. The Morgan fingerprint density at radius 1 is 1.10 bits per heavy atom. The van der Waals surface area contributed by atoms with E-state index >= 15 is 0 Å². The maximum absolute atomic E-state index is 5.58. The van der Waals surface area contributed by atoms with Crippen molar-refractivity contribution in [3.8, 4) is 11.4 Å². The van der Waals surface area contributed by atoms with Crippen LogP contribution in [0.1, 0.15) is 43.8 Å². The van der Waals surface area contributed by atoms with Gasteiger partial charge in [-0.25, -0.2) is 4.98 Å². The van der Waals surface area contributed by atoms with Crippen molar-refractivity contribution < 1.29 is 4.52 Å². The first-order chi connectivity index (χ1) is 14.7. The summed E-state index contributed by atoms with van der Waals surface area (Å²) in [7, 11) is 0. The number of anilines is 1. The van der Waals surface area contributed by atoms with Gasteiger partial charge in [-0.2, -0.15) is 4.98 Å². The van der Waals surface area contributed by atoms with Gasteiger partial charge < -0.3 is 9.42 Å². The standard InChI is InChI=1S/C22H25N5O.C2H6/c1-4-18-9-6-10-23-21(18)27-13-11-26(12-14-27)17(3)22-24-20(25-28-22)19-8-5-7-16(2)15-19;1-2/h4-10,15,17H,1,11-14H2,2-3H3;1-2H3. The molecule has 0 saturated carbocycles. The molecule has 1 atom stereocenters. The summed E-state index contributed by atoms with van der Waals surface area (Å²) in [6, 6.07) is 12.2. The first-order valence-electron chi connectivity index (χ1n) is 10.6. The quantitative estimate of drug-likeness (QED) is 0.596. The van der Waals surface area contributed by atoms with Crippen LogP contribution in [-0.2, 0) is 0 Å². The Hall–Kier alpha value is -2.99. The summed E-state index contributed by atoms with van der Waals surface area (Å²) in [6.45, 7) is 15.7. The highest BCUT2D eigenvalue weighted by Gasteiger charge is 2.27. The van der Waals surface area contributed by atoms with Crippen LogP contribution in [0.25, 0.3) is 17.5 Å². The first kappa shape index (κ1) is 21.7. The normalized spacial score (nSPS) is 15.3. The van der Waals surface area contributed by atoms with E-state index in [1.54, 1.807) is 0 Å². The van der Waals surface area contributed by atoms with E-state index in [2.05, 4.69) is 63.5 Å². The van der Waals surface area contributed by atoms with Gasteiger partial charge in [-0.15, -0.1) is 0 Å². The number of hydrogen-bond donors (Lipinski definition) is 0. The predicted octanol–water partition coefficient (Wildman–Crippen LogP) is 4.99. The highest BCUT2D eigenvalue weighted by atomic mass is 16.5. The molecule has 1 unspecified atom stereocenters. The summed E-state index contributed by atoms with van der Waals surface area (Å²) in [5, 5.41) is 4.18. The summed E-state index contributed by atoms with van der Waals surface area (Å²) in [5.41, 5.74) is 3.24. The Labute approximate surface area is 179 Å². The maximum Gasteiger partial charge on any atom is 0.244 e. The maximum atomic E-state index is 5.58. The fraction of sp³-hybridized carbons (Fsp3) is 0.375. The molecule has 3 aromatic rings. The van der Waals surface area contributed by atoms with Gasteiger partial charge in [0.25, 0.3) is 0 Å². The van der Waals surface area contributed by atoms with Gasteiger partial charge in [0.05, 0.1) is 6.04 Å². The van der Waals surface area contributed by atoms with Gasteiger partial charge in [-0.1, -0.05) is 55.4 Å². The van der Waals surface area contributed by atoms with Gasteiger partial charge in [0.2, 0.25) is 11.7 Å². The van der Waals surface area contributed by atoms with E-state index in [0.29, 0.717) is 11.7 Å². The molecule has 1 aromatic carbocycles. The molecule has 6 nitrogen and oxygen atoms in total. The van der Waals surface area contributed by atoms with Crippen LogP contribution < -0.4 is 4.90 Å². The predicted molar refractivity (Wildman–Crippen MR) is 122 cm³/mol. The molecule has 1 aliphatic rings. The zero-order chi connectivity index (χ0) is 21.5. The minimum atomic E-state index is 0.0795. The van der Waals surface area contributed by atoms with E-state index < -0.39 is 0 Å². The summed E-state index contributed by atoms with van der Waals surface area (Å²) >= 11 is 0. The minimum Gasteiger partial charge on any atom is -0.354 e. The van der Waals surface area contributed by atoms with Crippen molar-refractivity contribution in [3.63, 3.8) is 0 Å². The Bertz CT molecular complexity index is 959. The third kappa shape index (κ3) is 4.76. The SMILES string of the molecule is C=Cc1cccnc1N1CCN(C(C)c2nc(-c3cccc(C)c3)no2)CC1.CC. The Morgan fingerprint density at radius 2 is 1.87 bits per heavy atom. The van der Waals surface area contributed by atoms with E-state index in [0.717, 1.165) is 43.1 Å². The summed E-state index contributed by atoms with van der Waals surface area (Å²) in [4.78, 5) is 13.9. The topological polar surface area (TPSA) is 58.3 Å². The molecular formula is C24H31N5O. The van der Waals surface area contributed by atoms with Crippen molar-refractivity contribution in [2.45, 2.75) is 33.7 Å². The largest absolute Gasteiger partial charge is 0.354 e. The lowest BCUT2D eigenvalue weighted by Crippen LogP contribution is -2.47. The van der Waals surface area contributed by atoms with E-state index in [-0.39, 0.29) is 6.04 Å². The second-order valence-corrected chi connectivity index (χ2v) is 7.15. The summed E-state index contributed by atoms with van der Waals surface area (Å²) in [5.74, 6) is 2.31. The molecule has 6 heteroatoms. The molecule has 0 radical (unpaired) electrons. The van der Waals surface area contributed by atoms with Gasteiger partial charge >= 0.3 is 0 Å². The molecule has 0 aliphatic carbocycles. The Morgan fingerprint density at radius 3 is 2.57 bits per heavy atom. The fourth-order valence-electron chi connectivity index (χ4n) is 3.62. The zero-order valence-electron chi connectivity index (χ0n) is 18.4. The van der Waals surface area contributed by atoms with E-state index in [9.17, 15) is 0 Å². The molecule has 1 fully saturated rings. The van der Waals surface area contributed by atoms with Crippen LogP contribution in [0.5, 0.6) is 0 Å². The van der Waals surface area contributed by atoms with Crippen molar-refractivity contribution in [3.05, 3.63) is 66.2 Å². The molecule has 2 aromatic heterocycles. The van der Waals surface area contributed by atoms with E-state index in [1.807, 2.05) is 44.3 Å². The van der Waals surface area contributed by atoms with Crippen molar-refractivity contribution >= 4 is 11.9 Å². The molecule has 0 amide bonds. The zero-order valence-corrected chi connectivity index (χ0v) is 18.4. The lowest BCUT2D eigenvalue weighted by atomic mass is 10.1. The molecule has 4 rings (SSSR count). The van der Waals surface area contributed by atoms with Crippen molar-refractivity contribution in [2.75, 3.05) is 31.1 Å². The van der Waals surface area contributed by atoms with Crippen LogP contribution in [-0.4, -0.2) is 46.2 Å². The molecule has 0 bridgehead atoms. The lowest BCUT2D eigenvalue weighted by molar-refractivity contribution is 0.164. The van der Waals surface area contributed by atoms with Crippen LogP contribution in [0.4, 0.5) is 5.82 Å². The molecule has 1 aliphatic heterocycles. The smallest absolute Gasteiger partial charge is 0.244 e. The van der Waals surface area contributed by atoms with Crippen LogP contribution >= 0.6 is 0 Å². The van der Waals surface area contributed by atoms with Crippen molar-refractivity contribution in [1.82, 2.24) is 20.0 Å². The molecule has 1 saturated heterocycles. The van der Waals surface area contributed by atoms with Gasteiger partial charge in [-0.3, -0.25) is 4.90 Å². The van der Waals surface area contributed by atoms with Crippen molar-refractivity contribution in [1.29, 1.82) is 0 Å². The van der Waals surface area contributed by atoms with Crippen LogP contribution in [0.3, 0.4) is 0 Å². The second-order valence-electron chi connectivity index (χ2n) is 7.15. The fourth-order valence-corrected chi connectivity index (χ4v) is 3.62. The van der Waals surface area contributed by atoms with Gasteiger partial charge in [0.15, 0.2) is 0 Å². The van der Waals surface area contributed by atoms with Crippen LogP contribution in [0, 0.1) is 6.92 Å². The van der Waals surface area contributed by atoms with Gasteiger partial charge in [0, 0.05) is 43.5 Å². The molecule has 0 N–H and O–H groups in total. The molecule has 0 spiro atoms. The Balaban J connectivity index is 0.00000124. The van der Waals surface area contributed by atoms with Crippen molar-refractivity contribution in [2.24, 2.45) is 0 Å². The molecule has 3 heterocycles. The molecule has 158 valence electrons. The number of benzene rings is 1. The summed E-state index contributed by atoms with van der Waals surface area (Å²) in [6.07, 6.45) is 3.70. The number of rotatable bonds is 5. The van der Waals surface area contributed by atoms with Gasteiger partial charge in [0.1, 0.15) is 5.82 Å². The number of pyridine rings is 1.